The number of aryl methyl sites for hydroxylation is 1. The summed E-state index contributed by atoms with van der Waals surface area (Å²) in [6.07, 6.45) is 2.49. The normalized spacial score (nSPS) is 16.5. The van der Waals surface area contributed by atoms with Crippen LogP contribution < -0.4 is 10.0 Å². The van der Waals surface area contributed by atoms with Crippen LogP contribution >= 0.6 is 0 Å². The number of amides is 2. The molecular weight excluding hydrogens is 438 g/mol. The lowest BCUT2D eigenvalue weighted by atomic mass is 9.96. The number of nitrogens with one attached hydrogen (secondary N) is 2. The van der Waals surface area contributed by atoms with Crippen LogP contribution in [-0.2, 0) is 14.8 Å². The number of sulfonamides is 1. The largest absolute Gasteiger partial charge is 0.356 e. The van der Waals surface area contributed by atoms with Crippen molar-refractivity contribution in [3.05, 3.63) is 59.7 Å². The molecule has 7 nitrogen and oxygen atoms in total. The number of hydrogen-bond acceptors (Lipinski definition) is 4. The summed E-state index contributed by atoms with van der Waals surface area (Å²) in [5.41, 5.74) is 1.83. The molecule has 0 bridgehead atoms. The summed E-state index contributed by atoms with van der Waals surface area (Å²) >= 11 is 0. The van der Waals surface area contributed by atoms with Crippen molar-refractivity contribution in [2.75, 3.05) is 24.4 Å². The maximum Gasteiger partial charge on any atom is 0.261 e. The van der Waals surface area contributed by atoms with Gasteiger partial charge in [-0.25, -0.2) is 8.42 Å². The van der Waals surface area contributed by atoms with Crippen LogP contribution in [0.15, 0.2) is 53.4 Å². The van der Waals surface area contributed by atoms with Gasteiger partial charge in [-0.05, 0) is 68.5 Å². The summed E-state index contributed by atoms with van der Waals surface area (Å²) in [4.78, 5) is 27.3. The summed E-state index contributed by atoms with van der Waals surface area (Å²) in [7, 11) is -3.70. The standard InChI is InChI=1S/C25H33N3O4S/c1-18(2)14-15-26-24(29)21-5-4-16-28(17-21)25(30)20-8-10-22(11-9-20)27-33(31,32)23-12-6-19(3)7-13-23/h6-13,18,21,27H,4-5,14-17H2,1-3H3,(H,26,29)/t21-/m0/s1. The number of likely N-dealkylation sites (tertiary alicyclic amines) is 1. The molecule has 2 aromatic rings. The molecular formula is C25H33N3O4S. The molecule has 1 heterocycles. The molecule has 1 aliphatic heterocycles. The fourth-order valence-corrected chi connectivity index (χ4v) is 4.86. The third-order valence-corrected chi connectivity index (χ3v) is 7.21. The zero-order chi connectivity index (χ0) is 24.0. The van der Waals surface area contributed by atoms with Gasteiger partial charge in [0.25, 0.3) is 15.9 Å². The van der Waals surface area contributed by atoms with Gasteiger partial charge in [-0.2, -0.15) is 0 Å². The van der Waals surface area contributed by atoms with E-state index in [0.29, 0.717) is 36.8 Å². The summed E-state index contributed by atoms with van der Waals surface area (Å²) in [5.74, 6) is 0.186. The molecule has 0 radical (unpaired) electrons. The Morgan fingerprint density at radius 1 is 1.06 bits per heavy atom. The van der Waals surface area contributed by atoms with Crippen molar-refractivity contribution in [1.29, 1.82) is 0 Å². The summed E-state index contributed by atoms with van der Waals surface area (Å²) in [6, 6.07) is 13.0. The second-order valence-corrected chi connectivity index (χ2v) is 10.7. The Labute approximate surface area is 196 Å². The third kappa shape index (κ3) is 6.81. The minimum Gasteiger partial charge on any atom is -0.356 e. The number of carbonyl (C=O) groups is 2. The number of rotatable bonds is 8. The van der Waals surface area contributed by atoms with Gasteiger partial charge in [0, 0.05) is 30.9 Å². The maximum absolute atomic E-state index is 13.0. The van der Waals surface area contributed by atoms with E-state index in [-0.39, 0.29) is 22.6 Å². The Bertz CT molecular complexity index is 1060. The first-order chi connectivity index (χ1) is 15.7. The van der Waals surface area contributed by atoms with Crippen molar-refractivity contribution in [3.8, 4) is 0 Å². The first kappa shape index (κ1) is 24.8. The van der Waals surface area contributed by atoms with Crippen LogP contribution in [0, 0.1) is 18.8 Å². The van der Waals surface area contributed by atoms with Gasteiger partial charge in [0.05, 0.1) is 10.8 Å². The van der Waals surface area contributed by atoms with Gasteiger partial charge < -0.3 is 10.2 Å². The molecule has 0 aromatic heterocycles. The van der Waals surface area contributed by atoms with Crippen molar-refractivity contribution >= 4 is 27.5 Å². The van der Waals surface area contributed by atoms with Crippen molar-refractivity contribution in [2.45, 2.75) is 44.9 Å². The van der Waals surface area contributed by atoms with E-state index in [1.807, 2.05) is 6.92 Å². The number of piperidine rings is 1. The minimum absolute atomic E-state index is 0.00834. The predicted molar refractivity (Wildman–Crippen MR) is 130 cm³/mol. The molecule has 178 valence electrons. The van der Waals surface area contributed by atoms with E-state index in [4.69, 9.17) is 0 Å². The molecule has 0 saturated carbocycles. The topological polar surface area (TPSA) is 95.6 Å². The molecule has 0 aliphatic carbocycles. The molecule has 0 unspecified atom stereocenters. The average Bonchev–Trinajstić information content (AvgIpc) is 2.79. The van der Waals surface area contributed by atoms with Crippen LogP contribution in [0.25, 0.3) is 0 Å². The van der Waals surface area contributed by atoms with Gasteiger partial charge in [0.1, 0.15) is 0 Å². The quantitative estimate of drug-likeness (QED) is 0.612. The van der Waals surface area contributed by atoms with Gasteiger partial charge in [0.2, 0.25) is 5.91 Å². The van der Waals surface area contributed by atoms with Crippen molar-refractivity contribution in [3.63, 3.8) is 0 Å². The summed E-state index contributed by atoms with van der Waals surface area (Å²) in [5, 5.41) is 2.99. The maximum atomic E-state index is 13.0. The molecule has 2 N–H and O–H groups in total. The second kappa shape index (κ2) is 10.8. The van der Waals surface area contributed by atoms with E-state index >= 15 is 0 Å². The number of nitrogens with zero attached hydrogens (tertiary/aromatic N) is 1. The van der Waals surface area contributed by atoms with E-state index in [1.54, 1.807) is 53.4 Å². The fraction of sp³-hybridized carbons (Fsp3) is 0.440. The van der Waals surface area contributed by atoms with Crippen molar-refractivity contribution < 1.29 is 18.0 Å². The highest BCUT2D eigenvalue weighted by atomic mass is 32.2. The Kier molecular flexibility index (Phi) is 8.13. The Morgan fingerprint density at radius 3 is 2.36 bits per heavy atom. The highest BCUT2D eigenvalue weighted by Crippen LogP contribution is 2.21. The molecule has 8 heteroatoms. The predicted octanol–water partition coefficient (Wildman–Crippen LogP) is 3.81. The van der Waals surface area contributed by atoms with Crippen LogP contribution in [0.3, 0.4) is 0 Å². The second-order valence-electron chi connectivity index (χ2n) is 9.06. The van der Waals surface area contributed by atoms with Crippen LogP contribution in [-0.4, -0.2) is 44.8 Å². The van der Waals surface area contributed by atoms with E-state index in [2.05, 4.69) is 23.9 Å². The lowest BCUT2D eigenvalue weighted by Gasteiger charge is -2.32. The smallest absolute Gasteiger partial charge is 0.261 e. The molecule has 1 aliphatic rings. The van der Waals surface area contributed by atoms with Crippen molar-refractivity contribution in [2.24, 2.45) is 11.8 Å². The molecule has 0 spiro atoms. The van der Waals surface area contributed by atoms with Gasteiger partial charge in [0.15, 0.2) is 0 Å². The molecule has 1 fully saturated rings. The van der Waals surface area contributed by atoms with E-state index in [0.717, 1.165) is 24.8 Å². The number of carbonyl (C=O) groups excluding carboxylic acids is 2. The van der Waals surface area contributed by atoms with Crippen LogP contribution in [0.4, 0.5) is 5.69 Å². The Balaban J connectivity index is 1.60. The number of benzene rings is 2. The first-order valence-electron chi connectivity index (χ1n) is 11.4. The molecule has 33 heavy (non-hydrogen) atoms. The van der Waals surface area contributed by atoms with Crippen molar-refractivity contribution in [1.82, 2.24) is 10.2 Å². The Morgan fingerprint density at radius 2 is 1.73 bits per heavy atom. The van der Waals surface area contributed by atoms with E-state index in [1.165, 1.54) is 0 Å². The lowest BCUT2D eigenvalue weighted by Crippen LogP contribution is -2.45. The van der Waals surface area contributed by atoms with Gasteiger partial charge in [-0.3, -0.25) is 14.3 Å². The minimum atomic E-state index is -3.70. The third-order valence-electron chi connectivity index (χ3n) is 5.82. The van der Waals surface area contributed by atoms with E-state index < -0.39 is 10.0 Å². The van der Waals surface area contributed by atoms with Gasteiger partial charge >= 0.3 is 0 Å². The number of anilines is 1. The molecule has 1 atom stereocenters. The molecule has 3 rings (SSSR count). The lowest BCUT2D eigenvalue weighted by molar-refractivity contribution is -0.126. The SMILES string of the molecule is Cc1ccc(S(=O)(=O)Nc2ccc(C(=O)N3CCC[C@H](C(=O)NCCC(C)C)C3)cc2)cc1. The highest BCUT2D eigenvalue weighted by Gasteiger charge is 2.28. The zero-order valence-corrected chi connectivity index (χ0v) is 20.3. The Hall–Kier alpha value is -2.87. The average molecular weight is 472 g/mol. The molecule has 1 saturated heterocycles. The van der Waals surface area contributed by atoms with Crippen LogP contribution in [0.5, 0.6) is 0 Å². The van der Waals surface area contributed by atoms with E-state index in [9.17, 15) is 18.0 Å². The summed E-state index contributed by atoms with van der Waals surface area (Å²) in [6.45, 7) is 7.78. The molecule has 2 amide bonds. The van der Waals surface area contributed by atoms with Gasteiger partial charge in [-0.15, -0.1) is 0 Å². The van der Waals surface area contributed by atoms with Crippen LogP contribution in [0.2, 0.25) is 0 Å². The number of hydrogen-bond donors (Lipinski definition) is 2. The highest BCUT2D eigenvalue weighted by molar-refractivity contribution is 7.92. The van der Waals surface area contributed by atoms with Gasteiger partial charge in [-0.1, -0.05) is 31.5 Å². The molecule has 2 aromatic carbocycles. The summed E-state index contributed by atoms with van der Waals surface area (Å²) < 4.78 is 27.7. The monoisotopic (exact) mass is 471 g/mol. The zero-order valence-electron chi connectivity index (χ0n) is 19.5. The first-order valence-corrected chi connectivity index (χ1v) is 12.9. The van der Waals surface area contributed by atoms with Crippen LogP contribution in [0.1, 0.15) is 49.0 Å². The fourth-order valence-electron chi connectivity index (χ4n) is 3.80.